The molecule has 1 aromatic heterocycles. The molecule has 0 aliphatic heterocycles. The summed E-state index contributed by atoms with van der Waals surface area (Å²) in [5, 5.41) is 15.7. The zero-order valence-corrected chi connectivity index (χ0v) is 9.55. The lowest BCUT2D eigenvalue weighted by atomic mass is 10.5. The zero-order valence-electron chi connectivity index (χ0n) is 8.73. The Morgan fingerprint density at radius 3 is 2.93 bits per heavy atom. The van der Waals surface area contributed by atoms with Gasteiger partial charge < -0.3 is 5.32 Å². The molecule has 0 aliphatic carbocycles. The number of nitrogens with one attached hydrogen (secondary N) is 1. The van der Waals surface area contributed by atoms with E-state index >= 15 is 0 Å². The van der Waals surface area contributed by atoms with E-state index in [0.29, 0.717) is 0 Å². The van der Waals surface area contributed by atoms with Gasteiger partial charge in [0.2, 0.25) is 5.16 Å². The summed E-state index contributed by atoms with van der Waals surface area (Å²) >= 11 is 1.67. The quantitative estimate of drug-likeness (QED) is 0.538. The lowest BCUT2D eigenvalue weighted by Crippen LogP contribution is -2.21. The molecule has 5 nitrogen and oxygen atoms in total. The van der Waals surface area contributed by atoms with Crippen molar-refractivity contribution in [2.75, 3.05) is 18.8 Å². The normalized spacial score (nSPS) is 10.7. The van der Waals surface area contributed by atoms with Gasteiger partial charge in [0, 0.05) is 6.54 Å². The van der Waals surface area contributed by atoms with Gasteiger partial charge in [-0.3, -0.25) is 0 Å². The lowest BCUT2D eigenvalue weighted by molar-refractivity contribution is 0.510. The molecule has 0 radical (unpaired) electrons. The highest BCUT2D eigenvalue weighted by Gasteiger charge is 2.03. The number of aromatic nitrogens is 4. The predicted molar refractivity (Wildman–Crippen MR) is 57.4 cm³/mol. The molecule has 1 N–H and O–H groups in total. The lowest BCUT2D eigenvalue weighted by Gasteiger charge is -2.04. The van der Waals surface area contributed by atoms with Crippen molar-refractivity contribution < 1.29 is 0 Å². The molecule has 0 saturated heterocycles. The summed E-state index contributed by atoms with van der Waals surface area (Å²) in [6, 6.07) is 0. The smallest absolute Gasteiger partial charge is 0.209 e. The van der Waals surface area contributed by atoms with Gasteiger partial charge >= 0.3 is 0 Å². The monoisotopic (exact) mass is 215 g/mol. The highest BCUT2D eigenvalue weighted by molar-refractivity contribution is 7.99. The Kier molecular flexibility index (Phi) is 5.55. The minimum atomic E-state index is 0.843. The van der Waals surface area contributed by atoms with Crippen molar-refractivity contribution in [3.05, 3.63) is 0 Å². The van der Waals surface area contributed by atoms with Crippen LogP contribution in [0.2, 0.25) is 0 Å². The van der Waals surface area contributed by atoms with Crippen LogP contribution in [0.1, 0.15) is 20.3 Å². The fourth-order valence-electron chi connectivity index (χ4n) is 1.06. The number of thioether (sulfide) groups is 1. The minimum absolute atomic E-state index is 0.843. The van der Waals surface area contributed by atoms with Gasteiger partial charge in [0.15, 0.2) is 0 Å². The van der Waals surface area contributed by atoms with Gasteiger partial charge in [0.1, 0.15) is 0 Å². The van der Waals surface area contributed by atoms with Crippen molar-refractivity contribution in [1.29, 1.82) is 0 Å². The average molecular weight is 215 g/mol. The van der Waals surface area contributed by atoms with Crippen molar-refractivity contribution in [2.24, 2.45) is 0 Å². The molecule has 0 spiro atoms. The molecule has 1 aromatic rings. The van der Waals surface area contributed by atoms with Gasteiger partial charge in [-0.25, -0.2) is 4.68 Å². The standard InChI is InChI=1S/C8H17N5S/c1-3-5-9-6-7-13-8(14-4-2)10-11-12-13/h9H,3-7H2,1-2H3. The molecule has 0 aromatic carbocycles. The third-order valence-electron chi connectivity index (χ3n) is 1.70. The third kappa shape index (κ3) is 3.63. The number of nitrogens with zero attached hydrogens (tertiary/aromatic N) is 4. The zero-order chi connectivity index (χ0) is 10.2. The Hall–Kier alpha value is -0.620. The van der Waals surface area contributed by atoms with Gasteiger partial charge in [-0.1, -0.05) is 25.6 Å². The Bertz CT molecular complexity index is 250. The van der Waals surface area contributed by atoms with Crippen molar-refractivity contribution in [1.82, 2.24) is 25.5 Å². The average Bonchev–Trinajstić information content (AvgIpc) is 2.61. The topological polar surface area (TPSA) is 55.6 Å². The molecule has 0 atom stereocenters. The summed E-state index contributed by atoms with van der Waals surface area (Å²) in [5.74, 6) is 1.00. The highest BCUT2D eigenvalue weighted by Crippen LogP contribution is 2.11. The second kappa shape index (κ2) is 6.78. The first-order chi connectivity index (χ1) is 6.88. The van der Waals surface area contributed by atoms with Crippen LogP contribution in [0.15, 0.2) is 5.16 Å². The van der Waals surface area contributed by atoms with Crippen LogP contribution in [0.25, 0.3) is 0 Å². The second-order valence-corrected chi connectivity index (χ2v) is 4.10. The van der Waals surface area contributed by atoms with Crippen molar-refractivity contribution >= 4 is 11.8 Å². The molecule has 0 amide bonds. The van der Waals surface area contributed by atoms with Crippen LogP contribution in [0.5, 0.6) is 0 Å². The van der Waals surface area contributed by atoms with Crippen LogP contribution < -0.4 is 5.32 Å². The first kappa shape index (κ1) is 11.5. The fourth-order valence-corrected chi connectivity index (χ4v) is 1.69. The summed E-state index contributed by atoms with van der Waals surface area (Å²) in [6.45, 7) is 7.07. The Morgan fingerprint density at radius 2 is 2.21 bits per heavy atom. The van der Waals surface area contributed by atoms with E-state index in [9.17, 15) is 0 Å². The van der Waals surface area contributed by atoms with E-state index in [1.807, 2.05) is 4.68 Å². The Labute approximate surface area is 88.6 Å². The second-order valence-electron chi connectivity index (χ2n) is 2.87. The number of hydrogen-bond acceptors (Lipinski definition) is 5. The third-order valence-corrected chi connectivity index (χ3v) is 2.54. The molecule has 0 bridgehead atoms. The van der Waals surface area contributed by atoms with E-state index in [0.717, 1.165) is 37.0 Å². The number of hydrogen-bond donors (Lipinski definition) is 1. The minimum Gasteiger partial charge on any atom is -0.315 e. The molecular weight excluding hydrogens is 198 g/mol. The Morgan fingerprint density at radius 1 is 1.36 bits per heavy atom. The number of tetrazole rings is 1. The molecule has 80 valence electrons. The van der Waals surface area contributed by atoms with Gasteiger partial charge in [-0.05, 0) is 29.1 Å². The van der Waals surface area contributed by atoms with E-state index in [2.05, 4.69) is 34.7 Å². The largest absolute Gasteiger partial charge is 0.315 e. The first-order valence-electron chi connectivity index (χ1n) is 4.98. The first-order valence-corrected chi connectivity index (χ1v) is 5.96. The van der Waals surface area contributed by atoms with E-state index < -0.39 is 0 Å². The maximum absolute atomic E-state index is 3.94. The van der Waals surface area contributed by atoms with Crippen molar-refractivity contribution in [3.8, 4) is 0 Å². The van der Waals surface area contributed by atoms with E-state index in [1.54, 1.807) is 11.8 Å². The van der Waals surface area contributed by atoms with Crippen molar-refractivity contribution in [3.63, 3.8) is 0 Å². The summed E-state index contributed by atoms with van der Waals surface area (Å²) in [6.07, 6.45) is 1.16. The molecular formula is C8H17N5S. The fraction of sp³-hybridized carbons (Fsp3) is 0.875. The molecule has 0 fully saturated rings. The van der Waals surface area contributed by atoms with Gasteiger partial charge in [0.25, 0.3) is 0 Å². The van der Waals surface area contributed by atoms with E-state index in [4.69, 9.17) is 0 Å². The van der Waals surface area contributed by atoms with Crippen LogP contribution >= 0.6 is 11.8 Å². The molecule has 1 heterocycles. The van der Waals surface area contributed by atoms with Crippen LogP contribution in [-0.2, 0) is 6.54 Å². The molecule has 0 unspecified atom stereocenters. The van der Waals surface area contributed by atoms with E-state index in [1.165, 1.54) is 0 Å². The maximum Gasteiger partial charge on any atom is 0.209 e. The molecule has 6 heteroatoms. The molecule has 1 rings (SSSR count). The van der Waals surface area contributed by atoms with Crippen LogP contribution in [0.3, 0.4) is 0 Å². The Balaban J connectivity index is 2.30. The van der Waals surface area contributed by atoms with Crippen LogP contribution in [0.4, 0.5) is 0 Å². The van der Waals surface area contributed by atoms with E-state index in [-0.39, 0.29) is 0 Å². The maximum atomic E-state index is 3.94. The van der Waals surface area contributed by atoms with Crippen molar-refractivity contribution in [2.45, 2.75) is 32.0 Å². The summed E-state index contributed by atoms with van der Waals surface area (Å²) < 4.78 is 1.84. The van der Waals surface area contributed by atoms with Gasteiger partial charge in [0.05, 0.1) is 6.54 Å². The van der Waals surface area contributed by atoms with Crippen LogP contribution in [-0.4, -0.2) is 39.0 Å². The van der Waals surface area contributed by atoms with Gasteiger partial charge in [-0.2, -0.15) is 0 Å². The molecule has 0 saturated carbocycles. The molecule has 14 heavy (non-hydrogen) atoms. The van der Waals surface area contributed by atoms with Crippen LogP contribution in [0, 0.1) is 0 Å². The number of rotatable bonds is 7. The summed E-state index contributed by atoms with van der Waals surface area (Å²) in [7, 11) is 0. The highest BCUT2D eigenvalue weighted by atomic mass is 32.2. The SMILES string of the molecule is CCCNCCn1nnnc1SCC. The van der Waals surface area contributed by atoms with Gasteiger partial charge in [-0.15, -0.1) is 5.10 Å². The summed E-state index contributed by atoms with van der Waals surface area (Å²) in [5.41, 5.74) is 0. The molecule has 0 aliphatic rings. The predicted octanol–water partition coefficient (Wildman–Crippen LogP) is 0.785. The summed E-state index contributed by atoms with van der Waals surface area (Å²) in [4.78, 5) is 0.